The van der Waals surface area contributed by atoms with Crippen LogP contribution in [0.25, 0.3) is 0 Å². The van der Waals surface area contributed by atoms with Gasteiger partial charge in [0.1, 0.15) is 5.82 Å². The Balaban J connectivity index is 1.83. The van der Waals surface area contributed by atoms with E-state index in [0.717, 1.165) is 25.7 Å². The van der Waals surface area contributed by atoms with E-state index in [1.54, 1.807) is 17.0 Å². The number of amides is 2. The topological polar surface area (TPSA) is 49.4 Å². The van der Waals surface area contributed by atoms with Gasteiger partial charge < -0.3 is 10.2 Å². The largest absolute Gasteiger partial charge is 0.353 e. The van der Waals surface area contributed by atoms with Crippen molar-refractivity contribution in [2.24, 2.45) is 0 Å². The van der Waals surface area contributed by atoms with Crippen molar-refractivity contribution in [1.82, 2.24) is 10.2 Å². The number of carbonyl (C=O) groups excluding carboxylic acids is 2. The standard InChI is InChI=1S/C17H23FN2O2/c1-2-3-8-16(21)19-13-9-11-20(12-10-13)17(22)14-6-4-5-7-15(14)18/h4-7,13H,2-3,8-12H2,1H3,(H,19,21). The van der Waals surface area contributed by atoms with Crippen molar-refractivity contribution in [3.8, 4) is 0 Å². The summed E-state index contributed by atoms with van der Waals surface area (Å²) in [5.41, 5.74) is 0.118. The number of unbranched alkanes of at least 4 members (excludes halogenated alkanes) is 1. The Morgan fingerprint density at radius 1 is 1.27 bits per heavy atom. The first kappa shape index (κ1) is 16.5. The summed E-state index contributed by atoms with van der Waals surface area (Å²) >= 11 is 0. The van der Waals surface area contributed by atoms with E-state index in [4.69, 9.17) is 0 Å². The Morgan fingerprint density at radius 3 is 2.59 bits per heavy atom. The van der Waals surface area contributed by atoms with Crippen molar-refractivity contribution in [2.45, 2.75) is 45.1 Å². The third-order valence-corrected chi connectivity index (χ3v) is 4.01. The van der Waals surface area contributed by atoms with Gasteiger partial charge in [-0.05, 0) is 31.4 Å². The number of nitrogens with zero attached hydrogens (tertiary/aromatic N) is 1. The molecule has 1 aliphatic rings. The Kier molecular flexibility index (Phi) is 5.92. The molecule has 1 saturated heterocycles. The molecular formula is C17H23FN2O2. The van der Waals surface area contributed by atoms with E-state index in [1.165, 1.54) is 12.1 Å². The number of nitrogens with one attached hydrogen (secondary N) is 1. The maximum atomic E-state index is 13.7. The third kappa shape index (κ3) is 4.29. The number of benzene rings is 1. The summed E-state index contributed by atoms with van der Waals surface area (Å²) in [6.07, 6.45) is 3.90. The zero-order chi connectivity index (χ0) is 15.9. The molecule has 0 saturated carbocycles. The molecule has 2 amide bonds. The van der Waals surface area contributed by atoms with Crippen LogP contribution in [-0.4, -0.2) is 35.8 Å². The van der Waals surface area contributed by atoms with Crippen molar-refractivity contribution in [2.75, 3.05) is 13.1 Å². The monoisotopic (exact) mass is 306 g/mol. The van der Waals surface area contributed by atoms with Gasteiger partial charge in [0.15, 0.2) is 0 Å². The van der Waals surface area contributed by atoms with Gasteiger partial charge in [0.25, 0.3) is 5.91 Å². The van der Waals surface area contributed by atoms with Gasteiger partial charge in [-0.3, -0.25) is 9.59 Å². The SMILES string of the molecule is CCCCC(=O)NC1CCN(C(=O)c2ccccc2F)CC1. The minimum absolute atomic E-state index is 0.0840. The zero-order valence-electron chi connectivity index (χ0n) is 13.0. The normalized spacial score (nSPS) is 15.6. The lowest BCUT2D eigenvalue weighted by Crippen LogP contribution is -2.46. The second kappa shape index (κ2) is 7.92. The van der Waals surface area contributed by atoms with E-state index in [2.05, 4.69) is 12.2 Å². The lowest BCUT2D eigenvalue weighted by Gasteiger charge is -2.32. The molecule has 5 heteroatoms. The fraction of sp³-hybridized carbons (Fsp3) is 0.529. The highest BCUT2D eigenvalue weighted by Crippen LogP contribution is 2.16. The molecule has 1 N–H and O–H groups in total. The van der Waals surface area contributed by atoms with Gasteiger partial charge in [-0.1, -0.05) is 25.5 Å². The molecular weight excluding hydrogens is 283 g/mol. The Morgan fingerprint density at radius 2 is 1.95 bits per heavy atom. The van der Waals surface area contributed by atoms with Crippen LogP contribution in [-0.2, 0) is 4.79 Å². The van der Waals surface area contributed by atoms with Crippen LogP contribution >= 0.6 is 0 Å². The van der Waals surface area contributed by atoms with Crippen LogP contribution in [0.2, 0.25) is 0 Å². The van der Waals surface area contributed by atoms with Crippen LogP contribution < -0.4 is 5.32 Å². The van der Waals surface area contributed by atoms with Crippen LogP contribution in [0, 0.1) is 5.82 Å². The molecule has 1 aromatic rings. The Hall–Kier alpha value is -1.91. The van der Waals surface area contributed by atoms with Crippen LogP contribution in [0.5, 0.6) is 0 Å². The average Bonchev–Trinajstić information content (AvgIpc) is 2.53. The van der Waals surface area contributed by atoms with Crippen molar-refractivity contribution >= 4 is 11.8 Å². The minimum atomic E-state index is -0.484. The molecule has 0 aromatic heterocycles. The molecule has 1 aromatic carbocycles. The molecule has 1 aliphatic heterocycles. The summed E-state index contributed by atoms with van der Waals surface area (Å²) in [6, 6.07) is 6.17. The number of likely N-dealkylation sites (tertiary alicyclic amines) is 1. The summed E-state index contributed by atoms with van der Waals surface area (Å²) in [6.45, 7) is 3.15. The maximum Gasteiger partial charge on any atom is 0.256 e. The van der Waals surface area contributed by atoms with E-state index < -0.39 is 5.82 Å². The van der Waals surface area contributed by atoms with E-state index in [1.807, 2.05) is 0 Å². The third-order valence-electron chi connectivity index (χ3n) is 4.01. The van der Waals surface area contributed by atoms with E-state index in [9.17, 15) is 14.0 Å². The summed E-state index contributed by atoms with van der Waals surface area (Å²) in [5.74, 6) is -0.669. The summed E-state index contributed by atoms with van der Waals surface area (Å²) in [7, 11) is 0. The predicted octanol–water partition coefficient (Wildman–Crippen LogP) is 2.74. The smallest absolute Gasteiger partial charge is 0.256 e. The van der Waals surface area contributed by atoms with Crippen molar-refractivity contribution < 1.29 is 14.0 Å². The fourth-order valence-corrected chi connectivity index (χ4v) is 2.67. The summed E-state index contributed by atoms with van der Waals surface area (Å²) < 4.78 is 13.7. The highest BCUT2D eigenvalue weighted by molar-refractivity contribution is 5.94. The molecule has 120 valence electrons. The molecule has 1 heterocycles. The van der Waals surface area contributed by atoms with Crippen molar-refractivity contribution in [3.63, 3.8) is 0 Å². The highest BCUT2D eigenvalue weighted by Gasteiger charge is 2.25. The van der Waals surface area contributed by atoms with Gasteiger partial charge >= 0.3 is 0 Å². The second-order valence-corrected chi connectivity index (χ2v) is 5.72. The maximum absolute atomic E-state index is 13.7. The van der Waals surface area contributed by atoms with E-state index in [-0.39, 0.29) is 23.4 Å². The lowest BCUT2D eigenvalue weighted by atomic mass is 10.0. The Labute approximate surface area is 130 Å². The van der Waals surface area contributed by atoms with Gasteiger partial charge in [0.05, 0.1) is 5.56 Å². The first-order valence-corrected chi connectivity index (χ1v) is 7.95. The molecule has 0 atom stereocenters. The average molecular weight is 306 g/mol. The van der Waals surface area contributed by atoms with Crippen LogP contribution in [0.4, 0.5) is 4.39 Å². The number of hydrogen-bond acceptors (Lipinski definition) is 2. The van der Waals surface area contributed by atoms with Gasteiger partial charge in [-0.15, -0.1) is 0 Å². The first-order chi connectivity index (χ1) is 10.6. The van der Waals surface area contributed by atoms with Gasteiger partial charge in [0, 0.05) is 25.6 Å². The van der Waals surface area contributed by atoms with Gasteiger partial charge in [-0.25, -0.2) is 4.39 Å². The minimum Gasteiger partial charge on any atom is -0.353 e. The molecule has 0 spiro atoms. The predicted molar refractivity (Wildman–Crippen MR) is 83.0 cm³/mol. The van der Waals surface area contributed by atoms with Gasteiger partial charge in [-0.2, -0.15) is 0 Å². The quantitative estimate of drug-likeness (QED) is 0.909. The number of piperidine rings is 1. The molecule has 0 radical (unpaired) electrons. The van der Waals surface area contributed by atoms with E-state index >= 15 is 0 Å². The fourth-order valence-electron chi connectivity index (χ4n) is 2.67. The highest BCUT2D eigenvalue weighted by atomic mass is 19.1. The molecule has 2 rings (SSSR count). The number of rotatable bonds is 5. The number of hydrogen-bond donors (Lipinski definition) is 1. The lowest BCUT2D eigenvalue weighted by molar-refractivity contribution is -0.122. The van der Waals surface area contributed by atoms with Crippen LogP contribution in [0.3, 0.4) is 0 Å². The van der Waals surface area contributed by atoms with Crippen LogP contribution in [0.15, 0.2) is 24.3 Å². The molecule has 0 bridgehead atoms. The summed E-state index contributed by atoms with van der Waals surface area (Å²) in [5, 5.41) is 3.01. The van der Waals surface area contributed by atoms with E-state index in [0.29, 0.717) is 19.5 Å². The molecule has 4 nitrogen and oxygen atoms in total. The Bertz CT molecular complexity index is 525. The molecule has 1 fully saturated rings. The number of halogens is 1. The number of carbonyl (C=O) groups is 2. The first-order valence-electron chi connectivity index (χ1n) is 7.95. The zero-order valence-corrected chi connectivity index (χ0v) is 13.0. The summed E-state index contributed by atoms with van der Waals surface area (Å²) in [4.78, 5) is 25.7. The molecule has 22 heavy (non-hydrogen) atoms. The molecule has 0 aliphatic carbocycles. The van der Waals surface area contributed by atoms with Gasteiger partial charge in [0.2, 0.25) is 5.91 Å². The van der Waals surface area contributed by atoms with Crippen molar-refractivity contribution in [1.29, 1.82) is 0 Å². The second-order valence-electron chi connectivity index (χ2n) is 5.72. The molecule has 0 unspecified atom stereocenters. The van der Waals surface area contributed by atoms with Crippen LogP contribution in [0.1, 0.15) is 49.4 Å². The van der Waals surface area contributed by atoms with Crippen molar-refractivity contribution in [3.05, 3.63) is 35.6 Å².